The second kappa shape index (κ2) is 6.20. The summed E-state index contributed by atoms with van der Waals surface area (Å²) in [4.78, 5) is 13.6. The normalized spacial score (nSPS) is 37.1. The van der Waals surface area contributed by atoms with Crippen molar-refractivity contribution in [3.63, 3.8) is 0 Å². The third kappa shape index (κ3) is 3.10. The number of hydrogen-bond acceptors (Lipinski definition) is 2. The number of ketones is 1. The highest BCUT2D eigenvalue weighted by molar-refractivity contribution is 9.08. The van der Waals surface area contributed by atoms with Gasteiger partial charge in [0, 0.05) is 33.6 Å². The molecule has 3 heteroatoms. The van der Waals surface area contributed by atoms with Crippen LogP contribution in [0.1, 0.15) is 69.1 Å². The highest BCUT2D eigenvalue weighted by Gasteiger charge is 2.54. The standard InChI is InChI=1S/C24H30BrNO/c1-23(2)13-19-4-3-15(14-25)8-20(19)21(26-23)9-22(27)24-10-16-5-17(11-24)7-18(6-16)12-24/h3-4,8-9,16-18,26H,5-7,10-14H2,1-2H3. The number of carbonyl (C=O) groups is 1. The molecule has 0 aromatic heterocycles. The molecule has 0 spiro atoms. The van der Waals surface area contributed by atoms with Crippen molar-refractivity contribution in [1.82, 2.24) is 5.32 Å². The van der Waals surface area contributed by atoms with Gasteiger partial charge in [-0.2, -0.15) is 0 Å². The van der Waals surface area contributed by atoms with Crippen molar-refractivity contribution >= 4 is 27.4 Å². The van der Waals surface area contributed by atoms with Crippen LogP contribution < -0.4 is 5.32 Å². The topological polar surface area (TPSA) is 29.1 Å². The Kier molecular flexibility index (Phi) is 4.13. The molecule has 0 saturated heterocycles. The maximum Gasteiger partial charge on any atom is 0.163 e. The zero-order chi connectivity index (χ0) is 18.8. The lowest BCUT2D eigenvalue weighted by Crippen LogP contribution is -2.50. The molecule has 1 N–H and O–H groups in total. The number of fused-ring (bicyclic) bond motifs is 1. The van der Waals surface area contributed by atoms with Gasteiger partial charge in [0.2, 0.25) is 0 Å². The zero-order valence-corrected chi connectivity index (χ0v) is 18.1. The van der Waals surface area contributed by atoms with Crippen LogP contribution >= 0.6 is 15.9 Å². The smallest absolute Gasteiger partial charge is 0.163 e. The quantitative estimate of drug-likeness (QED) is 0.499. The second-order valence-corrected chi connectivity index (χ2v) is 11.0. The summed E-state index contributed by atoms with van der Waals surface area (Å²) in [5.41, 5.74) is 4.82. The van der Waals surface area contributed by atoms with Gasteiger partial charge >= 0.3 is 0 Å². The van der Waals surface area contributed by atoms with Gasteiger partial charge in [0.1, 0.15) is 0 Å². The van der Waals surface area contributed by atoms with E-state index in [1.54, 1.807) is 0 Å². The molecule has 1 aromatic carbocycles. The average Bonchev–Trinajstić information content (AvgIpc) is 2.59. The van der Waals surface area contributed by atoms with Crippen molar-refractivity contribution in [2.24, 2.45) is 23.2 Å². The summed E-state index contributed by atoms with van der Waals surface area (Å²) in [7, 11) is 0. The Bertz CT molecular complexity index is 786. The van der Waals surface area contributed by atoms with E-state index in [0.29, 0.717) is 5.78 Å². The summed E-state index contributed by atoms with van der Waals surface area (Å²) < 4.78 is 0. The Hall–Kier alpha value is -1.09. The van der Waals surface area contributed by atoms with Gasteiger partial charge in [-0.3, -0.25) is 4.79 Å². The first kappa shape index (κ1) is 18.0. The Morgan fingerprint density at radius 1 is 1.15 bits per heavy atom. The molecule has 1 heterocycles. The summed E-state index contributed by atoms with van der Waals surface area (Å²) in [5, 5.41) is 4.54. The van der Waals surface area contributed by atoms with Crippen LogP contribution in [-0.4, -0.2) is 11.3 Å². The van der Waals surface area contributed by atoms with E-state index in [4.69, 9.17) is 0 Å². The first-order chi connectivity index (χ1) is 12.9. The van der Waals surface area contributed by atoms with Crippen molar-refractivity contribution in [1.29, 1.82) is 0 Å². The van der Waals surface area contributed by atoms with E-state index in [2.05, 4.69) is 53.3 Å². The Morgan fingerprint density at radius 3 is 2.37 bits per heavy atom. The van der Waals surface area contributed by atoms with E-state index in [1.807, 2.05) is 6.08 Å². The van der Waals surface area contributed by atoms with Crippen LogP contribution in [0.25, 0.3) is 5.70 Å². The fraction of sp³-hybridized carbons (Fsp3) is 0.625. The molecule has 4 bridgehead atoms. The maximum atomic E-state index is 13.6. The van der Waals surface area contributed by atoms with E-state index in [1.165, 1.54) is 36.0 Å². The minimum atomic E-state index is -0.0573. The van der Waals surface area contributed by atoms with Gasteiger partial charge in [0.05, 0.1) is 0 Å². The van der Waals surface area contributed by atoms with Crippen LogP contribution in [0.4, 0.5) is 0 Å². The monoisotopic (exact) mass is 427 g/mol. The van der Waals surface area contributed by atoms with Gasteiger partial charge in [0.25, 0.3) is 0 Å². The van der Waals surface area contributed by atoms with E-state index in [-0.39, 0.29) is 11.0 Å². The lowest BCUT2D eigenvalue weighted by Gasteiger charge is -2.55. The number of carbonyl (C=O) groups excluding carboxylic acids is 1. The number of alkyl halides is 1. The fourth-order valence-corrected chi connectivity index (χ4v) is 7.22. The Morgan fingerprint density at radius 2 is 1.78 bits per heavy atom. The predicted molar refractivity (Wildman–Crippen MR) is 114 cm³/mol. The lowest BCUT2D eigenvalue weighted by molar-refractivity contribution is -0.138. The molecule has 144 valence electrons. The first-order valence-electron chi connectivity index (χ1n) is 10.6. The van der Waals surface area contributed by atoms with Crippen LogP contribution in [-0.2, 0) is 16.5 Å². The molecule has 4 aliphatic carbocycles. The molecule has 1 aliphatic heterocycles. The number of halogens is 1. The Balaban J connectivity index is 1.52. The molecule has 0 atom stereocenters. The molecule has 0 radical (unpaired) electrons. The minimum absolute atomic E-state index is 0.0174. The van der Waals surface area contributed by atoms with Crippen LogP contribution in [0.3, 0.4) is 0 Å². The molecule has 1 aromatic rings. The number of nitrogens with one attached hydrogen (secondary N) is 1. The van der Waals surface area contributed by atoms with Gasteiger partial charge < -0.3 is 5.32 Å². The Labute approximate surface area is 171 Å². The van der Waals surface area contributed by atoms with Crippen LogP contribution in [0.2, 0.25) is 0 Å². The van der Waals surface area contributed by atoms with E-state index >= 15 is 0 Å². The summed E-state index contributed by atoms with van der Waals surface area (Å²) >= 11 is 3.58. The van der Waals surface area contributed by atoms with Gasteiger partial charge in [-0.1, -0.05) is 28.1 Å². The number of allylic oxidation sites excluding steroid dienone is 1. The summed E-state index contributed by atoms with van der Waals surface area (Å²) in [6.45, 7) is 4.47. The molecule has 5 aliphatic rings. The third-order valence-electron chi connectivity index (χ3n) is 7.56. The number of rotatable bonds is 3. The summed E-state index contributed by atoms with van der Waals surface area (Å²) in [6.07, 6.45) is 10.5. The van der Waals surface area contributed by atoms with Crippen LogP contribution in [0, 0.1) is 23.2 Å². The predicted octanol–water partition coefficient (Wildman–Crippen LogP) is 5.63. The molecule has 0 amide bonds. The summed E-state index contributed by atoms with van der Waals surface area (Å²) in [6, 6.07) is 6.70. The zero-order valence-electron chi connectivity index (χ0n) is 16.5. The average molecular weight is 428 g/mol. The van der Waals surface area contributed by atoms with Crippen LogP contribution in [0.5, 0.6) is 0 Å². The van der Waals surface area contributed by atoms with Crippen molar-refractivity contribution < 1.29 is 4.79 Å². The largest absolute Gasteiger partial charge is 0.379 e. The van der Waals surface area contributed by atoms with Gasteiger partial charge in [0.15, 0.2) is 5.78 Å². The number of benzene rings is 1. The second-order valence-electron chi connectivity index (χ2n) is 10.4. The van der Waals surface area contributed by atoms with Gasteiger partial charge in [-0.05, 0) is 93.7 Å². The molecule has 0 unspecified atom stereocenters. The highest BCUT2D eigenvalue weighted by Crippen LogP contribution is 2.60. The molecular formula is C24H30BrNO. The fourth-order valence-electron chi connectivity index (χ4n) is 6.87. The van der Waals surface area contributed by atoms with Gasteiger partial charge in [-0.15, -0.1) is 0 Å². The van der Waals surface area contributed by atoms with Crippen molar-refractivity contribution in [3.05, 3.63) is 41.0 Å². The van der Waals surface area contributed by atoms with E-state index in [0.717, 1.165) is 54.5 Å². The molecular weight excluding hydrogens is 398 g/mol. The molecule has 6 rings (SSSR count). The highest BCUT2D eigenvalue weighted by atomic mass is 79.9. The molecule has 2 nitrogen and oxygen atoms in total. The molecule has 4 fully saturated rings. The maximum absolute atomic E-state index is 13.6. The lowest BCUT2D eigenvalue weighted by atomic mass is 9.48. The van der Waals surface area contributed by atoms with Crippen LogP contribution in [0.15, 0.2) is 24.3 Å². The molecule has 4 saturated carbocycles. The van der Waals surface area contributed by atoms with Gasteiger partial charge in [-0.25, -0.2) is 0 Å². The summed E-state index contributed by atoms with van der Waals surface area (Å²) in [5.74, 6) is 2.82. The van der Waals surface area contributed by atoms with Crippen molar-refractivity contribution in [2.75, 3.05) is 0 Å². The minimum Gasteiger partial charge on any atom is -0.379 e. The third-order valence-corrected chi connectivity index (χ3v) is 8.21. The first-order valence-corrected chi connectivity index (χ1v) is 11.7. The van der Waals surface area contributed by atoms with E-state index < -0.39 is 0 Å². The van der Waals surface area contributed by atoms with Crippen molar-refractivity contribution in [3.8, 4) is 0 Å². The SMILES string of the molecule is CC1(C)Cc2ccc(CBr)cc2C(=CC(=O)C23CC4CC(CC(C4)C2)C3)N1. The number of hydrogen-bond donors (Lipinski definition) is 1. The molecule has 27 heavy (non-hydrogen) atoms. The van der Waals surface area contributed by atoms with E-state index in [9.17, 15) is 4.79 Å². The van der Waals surface area contributed by atoms with Crippen molar-refractivity contribution in [2.45, 2.75) is 69.7 Å².